The van der Waals surface area contributed by atoms with Crippen LogP contribution in [0.15, 0.2) is 4.90 Å². The Hall–Kier alpha value is -0.900. The molecule has 1 aromatic rings. The quantitative estimate of drug-likeness (QED) is 0.844. The molecule has 1 saturated heterocycles. The zero-order valence-electron chi connectivity index (χ0n) is 11.1. The molecule has 1 aliphatic heterocycles. The van der Waals surface area contributed by atoms with E-state index in [0.717, 1.165) is 22.3 Å². The molecule has 2 atom stereocenters. The summed E-state index contributed by atoms with van der Waals surface area (Å²) >= 11 is 1.06. The third-order valence-corrected chi connectivity index (χ3v) is 5.92. The molecule has 0 aliphatic carbocycles. The predicted molar refractivity (Wildman–Crippen MR) is 74.8 cm³/mol. The Bertz CT molecular complexity index is 555. The molecule has 1 aromatic heterocycles. The minimum atomic E-state index is -3.60. The second-order valence-corrected chi connectivity index (χ2v) is 7.49. The van der Waals surface area contributed by atoms with Crippen LogP contribution in [-0.4, -0.2) is 49.9 Å². The zero-order chi connectivity index (χ0) is 14.2. The normalized spacial score (nSPS) is 24.0. The summed E-state index contributed by atoms with van der Waals surface area (Å²) in [5.41, 5.74) is 5.70. The summed E-state index contributed by atoms with van der Waals surface area (Å²) in [6, 6.07) is 0.0796. The van der Waals surface area contributed by atoms with Crippen LogP contribution in [0.3, 0.4) is 0 Å². The largest absolute Gasteiger partial charge is 0.382 e. The zero-order valence-corrected chi connectivity index (χ0v) is 12.7. The van der Waals surface area contributed by atoms with Crippen molar-refractivity contribution in [3.05, 3.63) is 0 Å². The van der Waals surface area contributed by atoms with Gasteiger partial charge in [-0.1, -0.05) is 0 Å². The molecule has 7 nitrogen and oxygen atoms in total. The summed E-state index contributed by atoms with van der Waals surface area (Å²) in [6.07, 6.45) is 0.874. The van der Waals surface area contributed by atoms with Crippen molar-refractivity contribution in [3.63, 3.8) is 0 Å². The van der Waals surface area contributed by atoms with Gasteiger partial charge in [-0.3, -0.25) is 0 Å². The first-order valence-electron chi connectivity index (χ1n) is 5.90. The van der Waals surface area contributed by atoms with Gasteiger partial charge in [-0.15, -0.1) is 0 Å². The average molecular weight is 306 g/mol. The van der Waals surface area contributed by atoms with E-state index in [9.17, 15) is 8.42 Å². The fourth-order valence-corrected chi connectivity index (χ4v) is 4.03. The van der Waals surface area contributed by atoms with Crippen molar-refractivity contribution in [1.82, 2.24) is 8.68 Å². The van der Waals surface area contributed by atoms with Gasteiger partial charge in [0, 0.05) is 20.7 Å². The number of nitrogen functional groups attached to an aromatic ring is 1. The lowest BCUT2D eigenvalue weighted by Gasteiger charge is -2.18. The number of hydrogen-bond donors (Lipinski definition) is 2. The summed E-state index contributed by atoms with van der Waals surface area (Å²) < 4.78 is 35.0. The monoisotopic (exact) mass is 306 g/mol. The van der Waals surface area contributed by atoms with Crippen molar-refractivity contribution in [2.75, 3.05) is 31.8 Å². The highest BCUT2D eigenvalue weighted by molar-refractivity contribution is 7.89. The van der Waals surface area contributed by atoms with Crippen molar-refractivity contribution in [2.24, 2.45) is 0 Å². The van der Waals surface area contributed by atoms with Gasteiger partial charge in [0.05, 0.1) is 12.1 Å². The number of ether oxygens (including phenoxy) is 1. The first kappa shape index (κ1) is 14.5. The van der Waals surface area contributed by atoms with Crippen LogP contribution in [0.2, 0.25) is 0 Å². The lowest BCUT2D eigenvalue weighted by atomic mass is 10.2. The van der Waals surface area contributed by atoms with Crippen LogP contribution in [0.5, 0.6) is 0 Å². The Kier molecular flexibility index (Phi) is 4.00. The van der Waals surface area contributed by atoms with Crippen LogP contribution >= 0.6 is 11.5 Å². The third kappa shape index (κ3) is 2.69. The van der Waals surface area contributed by atoms with E-state index in [0.29, 0.717) is 11.6 Å². The number of anilines is 2. The second-order valence-electron chi connectivity index (χ2n) is 4.63. The molecule has 9 heteroatoms. The molecule has 0 spiro atoms. The van der Waals surface area contributed by atoms with Crippen molar-refractivity contribution < 1.29 is 13.2 Å². The van der Waals surface area contributed by atoms with Gasteiger partial charge in [0.2, 0.25) is 10.0 Å². The second kappa shape index (κ2) is 5.23. The van der Waals surface area contributed by atoms with E-state index in [1.165, 1.54) is 14.1 Å². The van der Waals surface area contributed by atoms with Crippen LogP contribution in [-0.2, 0) is 14.8 Å². The molecule has 2 unspecified atom stereocenters. The van der Waals surface area contributed by atoms with Gasteiger partial charge < -0.3 is 15.8 Å². The standard InChI is InChI=1S/C10H18N4O3S2/c1-6-7(4-5-17-6)12-10-8(9(11)13-18-10)19(15,16)14(2)3/h6-7,12H,4-5H2,1-3H3,(H2,11,13). The number of rotatable bonds is 4. The number of nitrogens with two attached hydrogens (primary N) is 1. The fraction of sp³-hybridized carbons (Fsp3) is 0.700. The van der Waals surface area contributed by atoms with Crippen LogP contribution in [0.4, 0.5) is 10.8 Å². The van der Waals surface area contributed by atoms with Crippen molar-refractivity contribution in [3.8, 4) is 0 Å². The van der Waals surface area contributed by atoms with Gasteiger partial charge in [-0.25, -0.2) is 12.7 Å². The molecule has 0 amide bonds. The van der Waals surface area contributed by atoms with Crippen LogP contribution in [0, 0.1) is 0 Å². The van der Waals surface area contributed by atoms with E-state index in [1.54, 1.807) is 0 Å². The van der Waals surface area contributed by atoms with Gasteiger partial charge in [0.1, 0.15) is 5.00 Å². The smallest absolute Gasteiger partial charge is 0.249 e. The number of nitrogens with one attached hydrogen (secondary N) is 1. The number of nitrogens with zero attached hydrogens (tertiary/aromatic N) is 2. The van der Waals surface area contributed by atoms with E-state index < -0.39 is 10.0 Å². The van der Waals surface area contributed by atoms with E-state index in [2.05, 4.69) is 9.69 Å². The predicted octanol–water partition coefficient (Wildman–Crippen LogP) is 0.565. The molecule has 0 radical (unpaired) electrons. The Balaban J connectivity index is 2.33. The highest BCUT2D eigenvalue weighted by Crippen LogP contribution is 2.34. The van der Waals surface area contributed by atoms with Crippen molar-refractivity contribution in [2.45, 2.75) is 30.4 Å². The molecule has 2 heterocycles. The summed E-state index contributed by atoms with van der Waals surface area (Å²) in [5.74, 6) is 0.0350. The van der Waals surface area contributed by atoms with E-state index in [4.69, 9.17) is 10.5 Å². The third-order valence-electron chi connectivity index (χ3n) is 3.11. The van der Waals surface area contributed by atoms with Crippen LogP contribution in [0.25, 0.3) is 0 Å². The van der Waals surface area contributed by atoms with E-state index >= 15 is 0 Å². The van der Waals surface area contributed by atoms with Crippen molar-refractivity contribution >= 4 is 32.4 Å². The van der Waals surface area contributed by atoms with Gasteiger partial charge in [-0.2, -0.15) is 4.37 Å². The van der Waals surface area contributed by atoms with Gasteiger partial charge >= 0.3 is 0 Å². The van der Waals surface area contributed by atoms with E-state index in [-0.39, 0.29) is 22.9 Å². The first-order valence-corrected chi connectivity index (χ1v) is 8.11. The maximum Gasteiger partial charge on any atom is 0.249 e. The fourth-order valence-electron chi connectivity index (χ4n) is 1.91. The van der Waals surface area contributed by atoms with E-state index in [1.807, 2.05) is 6.92 Å². The molecule has 2 rings (SSSR count). The molecular weight excluding hydrogens is 288 g/mol. The summed E-state index contributed by atoms with van der Waals surface area (Å²) in [4.78, 5) is 0.0570. The molecule has 108 valence electrons. The highest BCUT2D eigenvalue weighted by atomic mass is 32.2. The molecule has 1 aliphatic rings. The maximum atomic E-state index is 12.2. The molecule has 0 bridgehead atoms. The lowest BCUT2D eigenvalue weighted by Crippen LogP contribution is -2.28. The minimum Gasteiger partial charge on any atom is -0.382 e. The summed E-state index contributed by atoms with van der Waals surface area (Å²) in [6.45, 7) is 2.62. The molecule has 19 heavy (non-hydrogen) atoms. The summed E-state index contributed by atoms with van der Waals surface area (Å²) in [5, 5.41) is 3.67. The Labute approximate surface area is 117 Å². The molecule has 1 fully saturated rings. The molecule has 0 aromatic carbocycles. The van der Waals surface area contributed by atoms with Crippen molar-refractivity contribution in [1.29, 1.82) is 0 Å². The van der Waals surface area contributed by atoms with Gasteiger partial charge in [-0.05, 0) is 24.9 Å². The molecular formula is C10H18N4O3S2. The number of sulfonamides is 1. The Morgan fingerprint density at radius 3 is 2.74 bits per heavy atom. The molecule has 0 saturated carbocycles. The topological polar surface area (TPSA) is 97.5 Å². The number of hydrogen-bond acceptors (Lipinski definition) is 7. The lowest BCUT2D eigenvalue weighted by molar-refractivity contribution is 0.121. The van der Waals surface area contributed by atoms with Gasteiger partial charge in [0.15, 0.2) is 10.7 Å². The average Bonchev–Trinajstić information content (AvgIpc) is 2.87. The minimum absolute atomic E-state index is 0.0350. The first-order chi connectivity index (χ1) is 8.84. The maximum absolute atomic E-state index is 12.2. The van der Waals surface area contributed by atoms with Crippen LogP contribution in [0.1, 0.15) is 13.3 Å². The Morgan fingerprint density at radius 2 is 2.21 bits per heavy atom. The highest BCUT2D eigenvalue weighted by Gasteiger charge is 2.31. The summed E-state index contributed by atoms with van der Waals surface area (Å²) in [7, 11) is -0.662. The SMILES string of the molecule is CC1OCCC1Nc1snc(N)c1S(=O)(=O)N(C)C. The molecule has 3 N–H and O–H groups in total. The van der Waals surface area contributed by atoms with Gasteiger partial charge in [0.25, 0.3) is 0 Å². The number of aromatic nitrogens is 1. The Morgan fingerprint density at radius 1 is 1.53 bits per heavy atom. The van der Waals surface area contributed by atoms with Crippen LogP contribution < -0.4 is 11.1 Å².